The fourth-order valence-electron chi connectivity index (χ4n) is 1.51. The summed E-state index contributed by atoms with van der Waals surface area (Å²) in [4.78, 5) is 11.8. The van der Waals surface area contributed by atoms with Crippen LogP contribution in [0.4, 0.5) is 0 Å². The maximum absolute atomic E-state index is 11.8. The number of hydrogen-bond acceptors (Lipinski definition) is 2. The highest BCUT2D eigenvalue weighted by Gasteiger charge is 2.05. The number of nitrogens with one attached hydrogen (secondary N) is 1. The first kappa shape index (κ1) is 13.4. The number of carbonyl (C=O) groups excluding carboxylic acids is 1. The summed E-state index contributed by atoms with van der Waals surface area (Å²) in [6.07, 6.45) is 1.95. The number of hydrazone groups is 1. The molecule has 0 aliphatic rings. The number of hydrogen-bond donors (Lipinski definition) is 1. The van der Waals surface area contributed by atoms with Gasteiger partial charge in [0, 0.05) is 11.3 Å². The minimum atomic E-state index is -0.149. The fraction of sp³-hybridized carbons (Fsp3) is 0.429. The Bertz CT molecular complexity index is 436. The van der Waals surface area contributed by atoms with E-state index in [9.17, 15) is 4.79 Å². The normalized spacial score (nSPS) is 11.4. The topological polar surface area (TPSA) is 41.5 Å². The van der Waals surface area contributed by atoms with Crippen LogP contribution in [-0.2, 0) is 0 Å². The predicted octanol–water partition coefficient (Wildman–Crippen LogP) is 3.21. The van der Waals surface area contributed by atoms with Crippen molar-refractivity contribution >= 4 is 11.6 Å². The molecule has 1 N–H and O–H groups in total. The van der Waals surface area contributed by atoms with E-state index in [-0.39, 0.29) is 5.91 Å². The fourth-order valence-corrected chi connectivity index (χ4v) is 1.51. The van der Waals surface area contributed by atoms with Crippen molar-refractivity contribution in [2.45, 2.75) is 40.5 Å². The molecule has 1 rings (SSSR count). The second-order valence-corrected chi connectivity index (χ2v) is 4.34. The molecule has 0 atom stereocenters. The monoisotopic (exact) mass is 232 g/mol. The lowest BCUT2D eigenvalue weighted by Crippen LogP contribution is -2.19. The van der Waals surface area contributed by atoms with Crippen molar-refractivity contribution in [1.29, 1.82) is 0 Å². The van der Waals surface area contributed by atoms with Crippen molar-refractivity contribution in [3.05, 3.63) is 34.9 Å². The van der Waals surface area contributed by atoms with Crippen LogP contribution >= 0.6 is 0 Å². The number of amides is 1. The van der Waals surface area contributed by atoms with E-state index in [0.29, 0.717) is 5.56 Å². The van der Waals surface area contributed by atoms with Gasteiger partial charge < -0.3 is 0 Å². The molecule has 0 heterocycles. The Morgan fingerprint density at radius 2 is 2.00 bits per heavy atom. The number of aryl methyl sites for hydroxylation is 2. The Hall–Kier alpha value is -1.64. The predicted molar refractivity (Wildman–Crippen MR) is 71.4 cm³/mol. The standard InChI is InChI=1S/C14H20N2O/c1-5-6-12(4)15-16-14(17)13-8-7-10(2)11(3)9-13/h7-9H,5-6H2,1-4H3,(H,16,17). The third-order valence-corrected chi connectivity index (χ3v) is 2.73. The van der Waals surface area contributed by atoms with E-state index < -0.39 is 0 Å². The van der Waals surface area contributed by atoms with E-state index in [1.54, 1.807) is 0 Å². The highest BCUT2D eigenvalue weighted by molar-refractivity contribution is 5.95. The third-order valence-electron chi connectivity index (χ3n) is 2.73. The van der Waals surface area contributed by atoms with Crippen LogP contribution in [0.3, 0.4) is 0 Å². The minimum absolute atomic E-state index is 0.149. The molecule has 0 bridgehead atoms. The lowest BCUT2D eigenvalue weighted by Gasteiger charge is -2.04. The molecule has 0 aliphatic heterocycles. The maximum Gasteiger partial charge on any atom is 0.271 e. The number of nitrogens with zero attached hydrogens (tertiary/aromatic N) is 1. The molecule has 0 saturated heterocycles. The van der Waals surface area contributed by atoms with Crippen LogP contribution in [-0.4, -0.2) is 11.6 Å². The molecule has 0 aromatic heterocycles. The Labute approximate surface area is 103 Å². The Morgan fingerprint density at radius 1 is 1.29 bits per heavy atom. The molecule has 0 unspecified atom stereocenters. The lowest BCUT2D eigenvalue weighted by atomic mass is 10.1. The van der Waals surface area contributed by atoms with Crippen molar-refractivity contribution in [1.82, 2.24) is 5.43 Å². The van der Waals surface area contributed by atoms with E-state index in [0.717, 1.165) is 24.1 Å². The quantitative estimate of drug-likeness (QED) is 0.628. The molecule has 0 fully saturated rings. The van der Waals surface area contributed by atoms with E-state index >= 15 is 0 Å². The van der Waals surface area contributed by atoms with Gasteiger partial charge in [0.1, 0.15) is 0 Å². The molecule has 0 radical (unpaired) electrons. The van der Waals surface area contributed by atoms with Crippen LogP contribution in [0, 0.1) is 13.8 Å². The van der Waals surface area contributed by atoms with Crippen LogP contribution in [0.1, 0.15) is 48.2 Å². The average Bonchev–Trinajstić information content (AvgIpc) is 2.30. The molecule has 1 amide bonds. The molecule has 3 heteroatoms. The van der Waals surface area contributed by atoms with Gasteiger partial charge in [0.05, 0.1) is 0 Å². The summed E-state index contributed by atoms with van der Waals surface area (Å²) < 4.78 is 0. The average molecular weight is 232 g/mol. The van der Waals surface area contributed by atoms with Gasteiger partial charge in [-0.1, -0.05) is 19.4 Å². The summed E-state index contributed by atoms with van der Waals surface area (Å²) in [6, 6.07) is 5.66. The molecule has 1 aromatic carbocycles. The number of carbonyl (C=O) groups is 1. The van der Waals surface area contributed by atoms with E-state index in [4.69, 9.17) is 0 Å². The lowest BCUT2D eigenvalue weighted by molar-refractivity contribution is 0.0954. The molecular formula is C14H20N2O. The second kappa shape index (κ2) is 6.18. The molecule has 0 saturated carbocycles. The summed E-state index contributed by atoms with van der Waals surface area (Å²) in [5, 5.41) is 4.06. The highest BCUT2D eigenvalue weighted by Crippen LogP contribution is 2.09. The largest absolute Gasteiger partial charge is 0.271 e. The summed E-state index contributed by atoms with van der Waals surface area (Å²) in [5.74, 6) is -0.149. The van der Waals surface area contributed by atoms with E-state index in [1.165, 1.54) is 5.56 Å². The van der Waals surface area contributed by atoms with Gasteiger partial charge in [0.15, 0.2) is 0 Å². The summed E-state index contributed by atoms with van der Waals surface area (Å²) in [5.41, 5.74) is 6.49. The first-order valence-electron chi connectivity index (χ1n) is 5.95. The SMILES string of the molecule is CCCC(C)=NNC(=O)c1ccc(C)c(C)c1. The van der Waals surface area contributed by atoms with Gasteiger partial charge in [-0.3, -0.25) is 4.79 Å². The van der Waals surface area contributed by atoms with Crippen LogP contribution in [0.2, 0.25) is 0 Å². The van der Waals surface area contributed by atoms with Crippen LogP contribution in [0.15, 0.2) is 23.3 Å². The molecule has 0 spiro atoms. The van der Waals surface area contributed by atoms with Crippen molar-refractivity contribution in [3.8, 4) is 0 Å². The maximum atomic E-state index is 11.8. The minimum Gasteiger partial charge on any atom is -0.267 e. The van der Waals surface area contributed by atoms with Crippen LogP contribution in [0.25, 0.3) is 0 Å². The second-order valence-electron chi connectivity index (χ2n) is 4.34. The first-order chi connectivity index (χ1) is 8.04. The summed E-state index contributed by atoms with van der Waals surface area (Å²) in [7, 11) is 0. The van der Waals surface area contributed by atoms with Gasteiger partial charge in [-0.25, -0.2) is 5.43 Å². The molecule has 1 aromatic rings. The molecule has 92 valence electrons. The summed E-state index contributed by atoms with van der Waals surface area (Å²) >= 11 is 0. The first-order valence-corrected chi connectivity index (χ1v) is 5.95. The molecular weight excluding hydrogens is 212 g/mol. The molecule has 3 nitrogen and oxygen atoms in total. The van der Waals surface area contributed by atoms with Crippen LogP contribution < -0.4 is 5.43 Å². The zero-order valence-electron chi connectivity index (χ0n) is 11.0. The van der Waals surface area contributed by atoms with E-state index in [1.807, 2.05) is 39.0 Å². The van der Waals surface area contributed by atoms with E-state index in [2.05, 4.69) is 17.5 Å². The smallest absolute Gasteiger partial charge is 0.267 e. The Morgan fingerprint density at radius 3 is 2.59 bits per heavy atom. The molecule has 0 aliphatic carbocycles. The zero-order chi connectivity index (χ0) is 12.8. The van der Waals surface area contributed by atoms with Gasteiger partial charge in [0.25, 0.3) is 5.91 Å². The van der Waals surface area contributed by atoms with Crippen molar-refractivity contribution in [3.63, 3.8) is 0 Å². The number of rotatable bonds is 4. The van der Waals surface area contributed by atoms with Crippen molar-refractivity contribution in [2.75, 3.05) is 0 Å². The third kappa shape index (κ3) is 4.02. The van der Waals surface area contributed by atoms with Crippen molar-refractivity contribution < 1.29 is 4.79 Å². The van der Waals surface area contributed by atoms with Gasteiger partial charge >= 0.3 is 0 Å². The highest BCUT2D eigenvalue weighted by atomic mass is 16.2. The molecule has 17 heavy (non-hydrogen) atoms. The number of benzene rings is 1. The van der Waals surface area contributed by atoms with Gasteiger partial charge in [-0.05, 0) is 50.5 Å². The van der Waals surface area contributed by atoms with Crippen LogP contribution in [0.5, 0.6) is 0 Å². The zero-order valence-corrected chi connectivity index (χ0v) is 11.0. The van der Waals surface area contributed by atoms with Gasteiger partial charge in [-0.2, -0.15) is 5.10 Å². The Balaban J connectivity index is 2.70. The summed E-state index contributed by atoms with van der Waals surface area (Å²) in [6.45, 7) is 8.03. The van der Waals surface area contributed by atoms with Gasteiger partial charge in [0.2, 0.25) is 0 Å². The van der Waals surface area contributed by atoms with Gasteiger partial charge in [-0.15, -0.1) is 0 Å². The Kier molecular flexibility index (Phi) is 4.88. The van der Waals surface area contributed by atoms with Crippen molar-refractivity contribution in [2.24, 2.45) is 5.10 Å².